The number of rotatable bonds is 3. The van der Waals surface area contributed by atoms with Crippen molar-refractivity contribution in [2.45, 2.75) is 0 Å². The Balaban J connectivity index is 0.000000203. The summed E-state index contributed by atoms with van der Waals surface area (Å²) in [6.45, 7) is 0. The maximum absolute atomic E-state index is 12.6. The number of hydrogen-bond acceptors (Lipinski definition) is 1. The van der Waals surface area contributed by atoms with Crippen molar-refractivity contribution < 1.29 is 13.5 Å². The van der Waals surface area contributed by atoms with Gasteiger partial charge in [0.2, 0.25) is 0 Å². The molecule has 118 valence electrons. The van der Waals surface area contributed by atoms with E-state index >= 15 is 0 Å². The molecule has 0 aliphatic heterocycles. The fraction of sp³-hybridized carbons (Fsp3) is 0.0526. The van der Waals surface area contributed by atoms with Crippen molar-refractivity contribution in [3.63, 3.8) is 0 Å². The summed E-state index contributed by atoms with van der Waals surface area (Å²) >= 11 is 0.113. The molecular weight excluding hydrogens is 361 g/mol. The number of para-hydroxylation sites is 1. The van der Waals surface area contributed by atoms with Crippen LogP contribution in [0.5, 0.6) is 5.75 Å². The van der Waals surface area contributed by atoms with Gasteiger partial charge in [0.25, 0.3) is 0 Å². The fourth-order valence-corrected chi connectivity index (χ4v) is 3.41. The minimum absolute atomic E-state index is 0.113. The van der Waals surface area contributed by atoms with Crippen LogP contribution in [0.2, 0.25) is 0 Å². The van der Waals surface area contributed by atoms with Crippen molar-refractivity contribution >= 4 is 23.9 Å². The Morgan fingerprint density at radius 1 is 0.652 bits per heavy atom. The van der Waals surface area contributed by atoms with Gasteiger partial charge in [-0.05, 0) is 12.1 Å². The van der Waals surface area contributed by atoms with E-state index in [2.05, 4.69) is 0 Å². The van der Waals surface area contributed by atoms with Gasteiger partial charge < -0.3 is 4.74 Å². The molecule has 0 amide bonds. The zero-order valence-electron chi connectivity index (χ0n) is 12.6. The van der Waals surface area contributed by atoms with E-state index < -0.39 is 0 Å². The molecule has 1 nitrogen and oxygen atoms in total. The van der Waals surface area contributed by atoms with Crippen LogP contribution in [0.15, 0.2) is 78.9 Å². The number of hydrogen-bond donors (Lipinski definition) is 0. The molecule has 0 radical (unpaired) electrons. The van der Waals surface area contributed by atoms with E-state index in [4.69, 9.17) is 4.74 Å². The average molecular weight is 377 g/mol. The number of benzene rings is 3. The topological polar surface area (TPSA) is 9.23 Å². The maximum atomic E-state index is 12.6. The number of halogens is 2. The molecule has 0 saturated carbocycles. The van der Waals surface area contributed by atoms with Crippen molar-refractivity contribution in [2.75, 3.05) is 7.11 Å². The van der Waals surface area contributed by atoms with Crippen LogP contribution < -0.4 is 13.7 Å². The summed E-state index contributed by atoms with van der Waals surface area (Å²) in [4.78, 5) is 0. The molecule has 23 heavy (non-hydrogen) atoms. The van der Waals surface area contributed by atoms with E-state index in [1.807, 2.05) is 30.3 Å². The SMILES string of the molecule is COc1ccccc1.Fc1ccc([Se]c2ccc(F)cc2)cc1. The number of ether oxygens (including phenoxy) is 1. The van der Waals surface area contributed by atoms with Gasteiger partial charge in [-0.1, -0.05) is 18.2 Å². The predicted octanol–water partition coefficient (Wildman–Crippen LogP) is 3.32. The van der Waals surface area contributed by atoms with Gasteiger partial charge in [-0.3, -0.25) is 0 Å². The molecule has 0 atom stereocenters. The zero-order chi connectivity index (χ0) is 16.5. The minimum atomic E-state index is -0.228. The van der Waals surface area contributed by atoms with Crippen LogP contribution in [-0.2, 0) is 0 Å². The van der Waals surface area contributed by atoms with Crippen molar-refractivity contribution in [1.29, 1.82) is 0 Å². The summed E-state index contributed by atoms with van der Waals surface area (Å²) in [5.41, 5.74) is 0. The van der Waals surface area contributed by atoms with Crippen LogP contribution in [0.1, 0.15) is 0 Å². The molecule has 0 spiro atoms. The molecule has 0 aliphatic rings. The van der Waals surface area contributed by atoms with E-state index in [-0.39, 0.29) is 26.6 Å². The van der Waals surface area contributed by atoms with Gasteiger partial charge in [0.05, 0.1) is 7.11 Å². The van der Waals surface area contributed by atoms with Gasteiger partial charge in [0.15, 0.2) is 0 Å². The molecule has 0 aromatic heterocycles. The fourth-order valence-electron chi connectivity index (χ4n) is 1.70. The first-order valence-corrected chi connectivity index (χ1v) is 8.67. The Hall–Kier alpha value is -2.16. The Morgan fingerprint density at radius 2 is 1.09 bits per heavy atom. The third-order valence-corrected chi connectivity index (χ3v) is 4.97. The molecule has 3 aromatic rings. The first-order chi connectivity index (χ1) is 11.2. The van der Waals surface area contributed by atoms with Crippen LogP contribution in [-0.4, -0.2) is 22.1 Å². The average Bonchev–Trinajstić information content (AvgIpc) is 2.60. The van der Waals surface area contributed by atoms with Gasteiger partial charge >= 0.3 is 92.8 Å². The van der Waals surface area contributed by atoms with E-state index in [9.17, 15) is 8.78 Å². The van der Waals surface area contributed by atoms with Gasteiger partial charge in [-0.15, -0.1) is 0 Å². The predicted molar refractivity (Wildman–Crippen MR) is 90.8 cm³/mol. The Kier molecular flexibility index (Phi) is 6.79. The van der Waals surface area contributed by atoms with E-state index in [1.165, 1.54) is 24.3 Å². The summed E-state index contributed by atoms with van der Waals surface area (Å²) in [5.74, 6) is 0.454. The summed E-state index contributed by atoms with van der Waals surface area (Å²) in [6, 6.07) is 22.5. The van der Waals surface area contributed by atoms with Crippen molar-refractivity contribution in [3.05, 3.63) is 90.5 Å². The van der Waals surface area contributed by atoms with Crippen molar-refractivity contribution in [3.8, 4) is 5.75 Å². The molecule has 0 bridgehead atoms. The molecule has 3 rings (SSSR count). The van der Waals surface area contributed by atoms with E-state index in [1.54, 1.807) is 31.4 Å². The van der Waals surface area contributed by atoms with Crippen LogP contribution >= 0.6 is 0 Å². The molecule has 0 fully saturated rings. The standard InChI is InChI=1S/C12H8F2Se.C7H8O/c13-9-1-5-11(6-2-9)15-12-7-3-10(14)4-8-12;1-8-7-5-3-2-4-6-7/h1-8H;2-6H,1H3. The summed E-state index contributed by atoms with van der Waals surface area (Å²) in [5, 5.41) is 0. The summed E-state index contributed by atoms with van der Waals surface area (Å²) in [6.07, 6.45) is 0. The molecular formula is C19H16F2OSe. The van der Waals surface area contributed by atoms with Crippen LogP contribution in [0.3, 0.4) is 0 Å². The first kappa shape index (κ1) is 17.2. The quantitative estimate of drug-likeness (QED) is 0.637. The van der Waals surface area contributed by atoms with Crippen LogP contribution in [0.25, 0.3) is 0 Å². The molecule has 3 aromatic carbocycles. The van der Waals surface area contributed by atoms with Gasteiger partial charge in [-0.25, -0.2) is 0 Å². The van der Waals surface area contributed by atoms with E-state index in [0.29, 0.717) is 0 Å². The summed E-state index contributed by atoms with van der Waals surface area (Å²) < 4.78 is 32.3. The Morgan fingerprint density at radius 3 is 1.43 bits per heavy atom. The van der Waals surface area contributed by atoms with Crippen molar-refractivity contribution in [1.82, 2.24) is 0 Å². The monoisotopic (exact) mass is 378 g/mol. The summed E-state index contributed by atoms with van der Waals surface area (Å²) in [7, 11) is 1.66. The normalized spacial score (nSPS) is 9.70. The van der Waals surface area contributed by atoms with Gasteiger partial charge in [0, 0.05) is 0 Å². The van der Waals surface area contributed by atoms with E-state index in [0.717, 1.165) is 14.7 Å². The molecule has 4 heteroatoms. The molecule has 0 aliphatic carbocycles. The third kappa shape index (κ3) is 6.23. The second kappa shape index (κ2) is 9.09. The first-order valence-electron chi connectivity index (χ1n) is 6.95. The third-order valence-electron chi connectivity index (χ3n) is 2.84. The zero-order valence-corrected chi connectivity index (χ0v) is 14.3. The molecule has 0 heterocycles. The second-order valence-electron chi connectivity index (χ2n) is 4.53. The Bertz CT molecular complexity index is 654. The molecule has 0 saturated heterocycles. The van der Waals surface area contributed by atoms with Gasteiger partial charge in [0.1, 0.15) is 5.75 Å². The molecule has 0 unspecified atom stereocenters. The van der Waals surface area contributed by atoms with Gasteiger partial charge in [-0.2, -0.15) is 0 Å². The second-order valence-corrected chi connectivity index (χ2v) is 6.93. The molecule has 0 N–H and O–H groups in total. The number of methoxy groups -OCH3 is 1. The van der Waals surface area contributed by atoms with Crippen molar-refractivity contribution in [2.24, 2.45) is 0 Å². The van der Waals surface area contributed by atoms with Crippen LogP contribution in [0.4, 0.5) is 8.78 Å². The Labute approximate surface area is 141 Å². The van der Waals surface area contributed by atoms with Crippen LogP contribution in [0, 0.1) is 11.6 Å².